The molecule has 0 amide bonds. The summed E-state index contributed by atoms with van der Waals surface area (Å²) in [6, 6.07) is 0. The summed E-state index contributed by atoms with van der Waals surface area (Å²) in [5, 5.41) is 5.81. The molecule has 0 atom stereocenters. The maximum absolute atomic E-state index is 10.8. The molecule has 1 aromatic heterocycles. The second kappa shape index (κ2) is 2.39. The summed E-state index contributed by atoms with van der Waals surface area (Å²) in [7, 11) is -2.45. The first-order chi connectivity index (χ1) is 4.67. The van der Waals surface area contributed by atoms with E-state index >= 15 is 0 Å². The van der Waals surface area contributed by atoms with Crippen molar-refractivity contribution in [3.05, 3.63) is 12.4 Å². The van der Waals surface area contributed by atoms with E-state index in [9.17, 15) is 8.42 Å². The van der Waals surface area contributed by atoms with Gasteiger partial charge in [-0.3, -0.25) is 9.28 Å². The molecule has 0 spiro atoms. The number of hydrogen-bond donors (Lipinski definition) is 1. The first-order valence-electron chi connectivity index (χ1n) is 2.46. The molecule has 1 N–H and O–H groups in total. The Morgan fingerprint density at radius 3 is 2.80 bits per heavy atom. The topological polar surface area (TPSA) is 72.1 Å². The standard InChI is InChI=1S/C4H6N2O3S/c1-9-10(7,8)4-2-5-6-3-4/h2-3H,1H3,(H,5,6). The van der Waals surface area contributed by atoms with E-state index in [0.717, 1.165) is 7.11 Å². The van der Waals surface area contributed by atoms with Crippen LogP contribution in [0.15, 0.2) is 17.3 Å². The number of aromatic amines is 1. The Kier molecular flexibility index (Phi) is 1.73. The van der Waals surface area contributed by atoms with Crippen LogP contribution in [0, 0.1) is 0 Å². The van der Waals surface area contributed by atoms with Gasteiger partial charge in [0.2, 0.25) is 0 Å². The maximum Gasteiger partial charge on any atom is 0.299 e. The summed E-state index contributed by atoms with van der Waals surface area (Å²) >= 11 is 0. The van der Waals surface area contributed by atoms with Crippen LogP contribution in [0.5, 0.6) is 0 Å². The van der Waals surface area contributed by atoms with Crippen LogP contribution in [0.1, 0.15) is 0 Å². The van der Waals surface area contributed by atoms with Crippen LogP contribution in [0.3, 0.4) is 0 Å². The number of H-pyrrole nitrogens is 1. The molecule has 0 aromatic carbocycles. The number of aromatic nitrogens is 2. The Balaban J connectivity index is 3.09. The molecule has 56 valence electrons. The van der Waals surface area contributed by atoms with E-state index in [-0.39, 0.29) is 4.90 Å². The molecular formula is C4H6N2O3S. The fourth-order valence-electron chi connectivity index (χ4n) is 0.472. The van der Waals surface area contributed by atoms with Gasteiger partial charge >= 0.3 is 0 Å². The predicted octanol–water partition coefficient (Wildman–Crippen LogP) is -0.255. The zero-order chi connectivity index (χ0) is 7.61. The molecule has 0 aliphatic heterocycles. The van der Waals surface area contributed by atoms with Crippen molar-refractivity contribution in [2.24, 2.45) is 0 Å². The van der Waals surface area contributed by atoms with Crippen molar-refractivity contribution in [2.75, 3.05) is 7.11 Å². The zero-order valence-electron chi connectivity index (χ0n) is 5.23. The van der Waals surface area contributed by atoms with Gasteiger partial charge < -0.3 is 0 Å². The number of rotatable bonds is 2. The molecule has 1 rings (SSSR count). The lowest BCUT2D eigenvalue weighted by Gasteiger charge is -1.93. The molecule has 0 unspecified atom stereocenters. The summed E-state index contributed by atoms with van der Waals surface area (Å²) in [6.07, 6.45) is 2.43. The minimum atomic E-state index is -3.55. The van der Waals surface area contributed by atoms with Crippen LogP contribution >= 0.6 is 0 Å². The third-order valence-corrected chi connectivity index (χ3v) is 2.22. The molecule has 0 bridgehead atoms. The second-order valence-electron chi connectivity index (χ2n) is 1.55. The number of hydrogen-bond acceptors (Lipinski definition) is 4. The van der Waals surface area contributed by atoms with Crippen molar-refractivity contribution in [1.82, 2.24) is 10.2 Å². The second-order valence-corrected chi connectivity index (χ2v) is 3.27. The average molecular weight is 162 g/mol. The highest BCUT2D eigenvalue weighted by Crippen LogP contribution is 2.06. The third kappa shape index (κ3) is 1.17. The fraction of sp³-hybridized carbons (Fsp3) is 0.250. The molecule has 0 aliphatic carbocycles. The van der Waals surface area contributed by atoms with Gasteiger partial charge in [-0.2, -0.15) is 13.5 Å². The molecule has 0 saturated carbocycles. The summed E-state index contributed by atoms with van der Waals surface area (Å²) in [5.74, 6) is 0. The van der Waals surface area contributed by atoms with Gasteiger partial charge in [0.25, 0.3) is 10.1 Å². The molecular weight excluding hydrogens is 156 g/mol. The number of nitrogens with zero attached hydrogens (tertiary/aromatic N) is 1. The van der Waals surface area contributed by atoms with Gasteiger partial charge in [0.15, 0.2) is 0 Å². The fourth-order valence-corrected chi connectivity index (χ4v) is 1.04. The highest BCUT2D eigenvalue weighted by atomic mass is 32.2. The molecule has 10 heavy (non-hydrogen) atoms. The van der Waals surface area contributed by atoms with E-state index in [1.165, 1.54) is 12.4 Å². The summed E-state index contributed by atoms with van der Waals surface area (Å²) in [5.41, 5.74) is 0. The normalized spacial score (nSPS) is 11.7. The summed E-state index contributed by atoms with van der Waals surface area (Å²) < 4.78 is 25.8. The molecule has 1 aromatic rings. The van der Waals surface area contributed by atoms with Crippen molar-refractivity contribution in [3.8, 4) is 0 Å². The van der Waals surface area contributed by atoms with Crippen LogP contribution < -0.4 is 0 Å². The van der Waals surface area contributed by atoms with Crippen LogP contribution in [0.2, 0.25) is 0 Å². The molecule has 0 radical (unpaired) electrons. The molecule has 5 nitrogen and oxygen atoms in total. The van der Waals surface area contributed by atoms with Crippen molar-refractivity contribution >= 4 is 10.1 Å². The van der Waals surface area contributed by atoms with E-state index in [4.69, 9.17) is 0 Å². The van der Waals surface area contributed by atoms with Crippen LogP contribution in [0.25, 0.3) is 0 Å². The SMILES string of the molecule is COS(=O)(=O)c1cn[nH]c1. The van der Waals surface area contributed by atoms with E-state index in [1.807, 2.05) is 0 Å². The Bertz CT molecular complexity index is 288. The quantitative estimate of drug-likeness (QED) is 0.608. The molecule has 0 fully saturated rings. The van der Waals surface area contributed by atoms with Gasteiger partial charge in [0, 0.05) is 6.20 Å². The minimum Gasteiger partial charge on any atom is -0.284 e. The van der Waals surface area contributed by atoms with Gasteiger partial charge in [-0.1, -0.05) is 0 Å². The smallest absolute Gasteiger partial charge is 0.284 e. The zero-order valence-corrected chi connectivity index (χ0v) is 6.05. The maximum atomic E-state index is 10.8. The van der Waals surface area contributed by atoms with Crippen LogP contribution in [-0.2, 0) is 14.3 Å². The van der Waals surface area contributed by atoms with E-state index < -0.39 is 10.1 Å². The first-order valence-corrected chi connectivity index (χ1v) is 3.87. The van der Waals surface area contributed by atoms with Crippen molar-refractivity contribution in [2.45, 2.75) is 4.90 Å². The molecule has 0 aliphatic rings. The van der Waals surface area contributed by atoms with Gasteiger partial charge in [-0.15, -0.1) is 0 Å². The largest absolute Gasteiger partial charge is 0.299 e. The van der Waals surface area contributed by atoms with Crippen molar-refractivity contribution in [3.63, 3.8) is 0 Å². The molecule has 6 heteroatoms. The predicted molar refractivity (Wildman–Crippen MR) is 32.8 cm³/mol. The van der Waals surface area contributed by atoms with E-state index in [1.54, 1.807) is 0 Å². The van der Waals surface area contributed by atoms with Crippen molar-refractivity contribution < 1.29 is 12.6 Å². The number of nitrogens with one attached hydrogen (secondary N) is 1. The highest BCUT2D eigenvalue weighted by molar-refractivity contribution is 7.86. The highest BCUT2D eigenvalue weighted by Gasteiger charge is 2.12. The monoisotopic (exact) mass is 162 g/mol. The van der Waals surface area contributed by atoms with Gasteiger partial charge in [0.05, 0.1) is 13.3 Å². The van der Waals surface area contributed by atoms with Gasteiger partial charge in [-0.25, -0.2) is 0 Å². The van der Waals surface area contributed by atoms with Crippen LogP contribution in [-0.4, -0.2) is 25.7 Å². The first kappa shape index (κ1) is 7.23. The Morgan fingerprint density at radius 1 is 1.70 bits per heavy atom. The van der Waals surface area contributed by atoms with E-state index in [0.29, 0.717) is 0 Å². The molecule has 0 saturated heterocycles. The lowest BCUT2D eigenvalue weighted by Crippen LogP contribution is -2.00. The summed E-state index contributed by atoms with van der Waals surface area (Å²) in [6.45, 7) is 0. The Hall–Kier alpha value is -0.880. The van der Waals surface area contributed by atoms with Gasteiger partial charge in [-0.05, 0) is 0 Å². The summed E-state index contributed by atoms with van der Waals surface area (Å²) in [4.78, 5) is 0.0370. The van der Waals surface area contributed by atoms with Gasteiger partial charge in [0.1, 0.15) is 4.90 Å². The third-order valence-electron chi connectivity index (χ3n) is 0.981. The Morgan fingerprint density at radius 2 is 2.40 bits per heavy atom. The molecule has 1 heterocycles. The average Bonchev–Trinajstić information content (AvgIpc) is 2.38. The van der Waals surface area contributed by atoms with Crippen molar-refractivity contribution in [1.29, 1.82) is 0 Å². The minimum absolute atomic E-state index is 0.0370. The lowest BCUT2D eigenvalue weighted by molar-refractivity contribution is 0.398. The van der Waals surface area contributed by atoms with Crippen LogP contribution in [0.4, 0.5) is 0 Å². The van der Waals surface area contributed by atoms with E-state index in [2.05, 4.69) is 14.4 Å². The Labute approximate surface area is 58.1 Å². The lowest BCUT2D eigenvalue weighted by atomic mass is 10.7.